The maximum atomic E-state index is 11.5. The van der Waals surface area contributed by atoms with E-state index in [0.717, 1.165) is 36.8 Å². The second-order valence-electron chi connectivity index (χ2n) is 4.83. The highest BCUT2D eigenvalue weighted by Gasteiger charge is 2.42. The van der Waals surface area contributed by atoms with Crippen molar-refractivity contribution in [3.63, 3.8) is 0 Å². The molecule has 0 unspecified atom stereocenters. The Labute approximate surface area is 102 Å². The predicted molar refractivity (Wildman–Crippen MR) is 68.6 cm³/mol. The normalized spacial score (nSPS) is 19.2. The summed E-state index contributed by atoms with van der Waals surface area (Å²) in [6.07, 6.45) is 5.60. The van der Waals surface area contributed by atoms with Crippen LogP contribution in [0, 0.1) is 5.41 Å². The summed E-state index contributed by atoms with van der Waals surface area (Å²) in [6, 6.07) is 9.93. The van der Waals surface area contributed by atoms with Crippen LogP contribution in [0.5, 0.6) is 0 Å². The van der Waals surface area contributed by atoms with Crippen LogP contribution < -0.4 is 0 Å². The lowest BCUT2D eigenvalue weighted by Gasteiger charge is -2.25. The van der Waals surface area contributed by atoms with Gasteiger partial charge in [0.15, 0.2) is 0 Å². The van der Waals surface area contributed by atoms with Gasteiger partial charge in [0.2, 0.25) is 0 Å². The molecule has 1 aromatic carbocycles. The monoisotopic (exact) mass is 230 g/mol. The second kappa shape index (κ2) is 4.74. The molecule has 0 aromatic heterocycles. The molecule has 0 amide bonds. The summed E-state index contributed by atoms with van der Waals surface area (Å²) in [5, 5.41) is 9.47. The molecule has 0 spiro atoms. The third-order valence-electron chi connectivity index (χ3n) is 3.80. The number of hydrogen-bond acceptors (Lipinski definition) is 1. The van der Waals surface area contributed by atoms with Crippen molar-refractivity contribution in [3.05, 3.63) is 41.5 Å². The third kappa shape index (κ3) is 2.26. The molecular formula is C15H18O2. The first-order valence-electron chi connectivity index (χ1n) is 6.12. The van der Waals surface area contributed by atoms with Crippen LogP contribution in [0.2, 0.25) is 0 Å². The standard InChI is InChI=1S/C15H18O2/c1-12(11-13-7-3-2-4-8-13)15(14(16)17)9-5-6-10-15/h2-4,7-8,11H,5-6,9-10H2,1H3,(H,16,17)/b12-11+. The van der Waals surface area contributed by atoms with Gasteiger partial charge in [-0.05, 0) is 25.3 Å². The number of carboxylic acid groups (broad SMARTS) is 1. The molecule has 0 radical (unpaired) electrons. The van der Waals surface area contributed by atoms with Gasteiger partial charge >= 0.3 is 5.97 Å². The molecule has 2 rings (SSSR count). The summed E-state index contributed by atoms with van der Waals surface area (Å²) >= 11 is 0. The number of aliphatic carboxylic acids is 1. The van der Waals surface area contributed by atoms with Gasteiger partial charge in [-0.1, -0.05) is 54.8 Å². The predicted octanol–water partition coefficient (Wildman–Crippen LogP) is 3.73. The Kier molecular flexibility index (Phi) is 3.32. The van der Waals surface area contributed by atoms with Crippen LogP contribution in [0.25, 0.3) is 6.08 Å². The Balaban J connectivity index is 2.32. The highest BCUT2D eigenvalue weighted by molar-refractivity contribution is 5.81. The Morgan fingerprint density at radius 2 is 1.82 bits per heavy atom. The average molecular weight is 230 g/mol. The fourth-order valence-corrected chi connectivity index (χ4v) is 2.69. The van der Waals surface area contributed by atoms with Gasteiger partial charge in [0, 0.05) is 0 Å². The first-order valence-corrected chi connectivity index (χ1v) is 6.12. The third-order valence-corrected chi connectivity index (χ3v) is 3.80. The smallest absolute Gasteiger partial charge is 0.313 e. The topological polar surface area (TPSA) is 37.3 Å². The molecule has 90 valence electrons. The fraction of sp³-hybridized carbons (Fsp3) is 0.400. The van der Waals surface area contributed by atoms with Crippen molar-refractivity contribution in [2.75, 3.05) is 0 Å². The average Bonchev–Trinajstić information content (AvgIpc) is 2.80. The zero-order valence-corrected chi connectivity index (χ0v) is 10.1. The molecule has 0 aliphatic heterocycles. The van der Waals surface area contributed by atoms with E-state index in [4.69, 9.17) is 0 Å². The SMILES string of the molecule is C/C(=C\c1ccccc1)C1(C(=O)O)CCCC1. The van der Waals surface area contributed by atoms with E-state index in [-0.39, 0.29) is 0 Å². The van der Waals surface area contributed by atoms with E-state index in [1.807, 2.05) is 43.3 Å². The molecule has 1 N–H and O–H groups in total. The number of carbonyl (C=O) groups is 1. The summed E-state index contributed by atoms with van der Waals surface area (Å²) in [7, 11) is 0. The van der Waals surface area contributed by atoms with Gasteiger partial charge in [-0.15, -0.1) is 0 Å². The highest BCUT2D eigenvalue weighted by Crippen LogP contribution is 2.44. The van der Waals surface area contributed by atoms with Crippen LogP contribution in [0.1, 0.15) is 38.2 Å². The largest absolute Gasteiger partial charge is 0.481 e. The highest BCUT2D eigenvalue weighted by atomic mass is 16.4. The molecule has 2 heteroatoms. The minimum atomic E-state index is -0.667. The van der Waals surface area contributed by atoms with Gasteiger partial charge in [0.25, 0.3) is 0 Å². The molecule has 2 nitrogen and oxygen atoms in total. The van der Waals surface area contributed by atoms with Gasteiger partial charge in [-0.2, -0.15) is 0 Å². The summed E-state index contributed by atoms with van der Waals surface area (Å²) in [5.74, 6) is -0.667. The van der Waals surface area contributed by atoms with Crippen LogP contribution in [-0.2, 0) is 4.79 Å². The molecule has 1 fully saturated rings. The van der Waals surface area contributed by atoms with Crippen LogP contribution in [0.4, 0.5) is 0 Å². The van der Waals surface area contributed by atoms with Crippen molar-refractivity contribution in [2.24, 2.45) is 5.41 Å². The van der Waals surface area contributed by atoms with E-state index in [9.17, 15) is 9.90 Å². The molecule has 0 heterocycles. The first kappa shape index (κ1) is 11.9. The van der Waals surface area contributed by atoms with Crippen molar-refractivity contribution < 1.29 is 9.90 Å². The molecule has 17 heavy (non-hydrogen) atoms. The zero-order chi connectivity index (χ0) is 12.3. The molecule has 0 atom stereocenters. The fourth-order valence-electron chi connectivity index (χ4n) is 2.69. The lowest BCUT2D eigenvalue weighted by molar-refractivity contribution is -0.146. The number of carboxylic acids is 1. The Hall–Kier alpha value is -1.57. The van der Waals surface area contributed by atoms with E-state index >= 15 is 0 Å². The molecule has 1 aliphatic rings. The van der Waals surface area contributed by atoms with Crippen molar-refractivity contribution in [2.45, 2.75) is 32.6 Å². The number of rotatable bonds is 3. The molecule has 1 aromatic rings. The molecule has 0 saturated heterocycles. The minimum absolute atomic E-state index is 0.615. The van der Waals surface area contributed by atoms with Crippen molar-refractivity contribution in [1.82, 2.24) is 0 Å². The number of benzene rings is 1. The van der Waals surface area contributed by atoms with Crippen LogP contribution in [-0.4, -0.2) is 11.1 Å². The van der Waals surface area contributed by atoms with Crippen LogP contribution in [0.15, 0.2) is 35.9 Å². The molecule has 1 aliphatic carbocycles. The summed E-state index contributed by atoms with van der Waals surface area (Å²) in [5.41, 5.74) is 1.45. The minimum Gasteiger partial charge on any atom is -0.481 e. The summed E-state index contributed by atoms with van der Waals surface area (Å²) in [6.45, 7) is 1.95. The van der Waals surface area contributed by atoms with Crippen molar-refractivity contribution >= 4 is 12.0 Å². The van der Waals surface area contributed by atoms with E-state index in [2.05, 4.69) is 0 Å². The van der Waals surface area contributed by atoms with E-state index in [1.165, 1.54) is 0 Å². The van der Waals surface area contributed by atoms with E-state index in [1.54, 1.807) is 0 Å². The summed E-state index contributed by atoms with van der Waals surface area (Å²) < 4.78 is 0. The number of hydrogen-bond donors (Lipinski definition) is 1. The first-order chi connectivity index (χ1) is 8.15. The molecule has 0 bridgehead atoms. The zero-order valence-electron chi connectivity index (χ0n) is 10.1. The molecular weight excluding hydrogens is 212 g/mol. The Morgan fingerprint density at radius 3 is 2.35 bits per heavy atom. The van der Waals surface area contributed by atoms with Crippen molar-refractivity contribution in [1.29, 1.82) is 0 Å². The van der Waals surface area contributed by atoms with Gasteiger partial charge in [-0.25, -0.2) is 0 Å². The Bertz CT molecular complexity index is 425. The van der Waals surface area contributed by atoms with E-state index < -0.39 is 11.4 Å². The van der Waals surface area contributed by atoms with Crippen LogP contribution in [0.3, 0.4) is 0 Å². The van der Waals surface area contributed by atoms with Crippen LogP contribution >= 0.6 is 0 Å². The second-order valence-corrected chi connectivity index (χ2v) is 4.83. The maximum absolute atomic E-state index is 11.5. The Morgan fingerprint density at radius 1 is 1.24 bits per heavy atom. The quantitative estimate of drug-likeness (QED) is 0.859. The van der Waals surface area contributed by atoms with Crippen molar-refractivity contribution in [3.8, 4) is 0 Å². The van der Waals surface area contributed by atoms with Gasteiger partial charge in [-0.3, -0.25) is 4.79 Å². The van der Waals surface area contributed by atoms with E-state index in [0.29, 0.717) is 0 Å². The summed E-state index contributed by atoms with van der Waals surface area (Å²) in [4.78, 5) is 11.5. The van der Waals surface area contributed by atoms with Gasteiger partial charge in [0.1, 0.15) is 0 Å². The lowest BCUT2D eigenvalue weighted by Crippen LogP contribution is -2.28. The molecule has 1 saturated carbocycles. The van der Waals surface area contributed by atoms with Gasteiger partial charge in [0.05, 0.1) is 5.41 Å². The lowest BCUT2D eigenvalue weighted by atomic mass is 9.78. The maximum Gasteiger partial charge on any atom is 0.313 e. The van der Waals surface area contributed by atoms with Gasteiger partial charge < -0.3 is 5.11 Å².